The maximum Gasteiger partial charge on any atom is 0.316 e. The molecule has 144 valence electrons. The van der Waals surface area contributed by atoms with Crippen LogP contribution >= 0.6 is 11.8 Å². The van der Waals surface area contributed by atoms with Crippen LogP contribution in [-0.2, 0) is 14.3 Å². The number of nitrogen functional groups attached to an aromatic ring is 1. The van der Waals surface area contributed by atoms with Gasteiger partial charge in [0.1, 0.15) is 6.04 Å². The summed E-state index contributed by atoms with van der Waals surface area (Å²) < 4.78 is 6.32. The summed E-state index contributed by atoms with van der Waals surface area (Å²) in [6, 6.07) is 5.85. The lowest BCUT2D eigenvalue weighted by atomic mass is 10.1. The normalized spacial score (nSPS) is 11.7. The molecular weight excluding hydrogens is 370 g/mol. The van der Waals surface area contributed by atoms with E-state index in [9.17, 15) is 14.4 Å². The number of carbonyl (C=O) groups is 3. The lowest BCUT2D eigenvalue weighted by molar-refractivity contribution is -0.139. The van der Waals surface area contributed by atoms with Crippen molar-refractivity contribution in [2.45, 2.75) is 32.0 Å². The van der Waals surface area contributed by atoms with E-state index in [2.05, 4.69) is 15.5 Å². The van der Waals surface area contributed by atoms with E-state index < -0.39 is 12.0 Å². The lowest BCUT2D eigenvalue weighted by Crippen LogP contribution is -2.25. The van der Waals surface area contributed by atoms with Crippen LogP contribution in [0.25, 0.3) is 0 Å². The highest BCUT2D eigenvalue weighted by Crippen LogP contribution is 2.24. The summed E-state index contributed by atoms with van der Waals surface area (Å²) in [6.45, 7) is 5.13. The highest BCUT2D eigenvalue weighted by atomic mass is 32.2. The highest BCUT2D eigenvalue weighted by Gasteiger charge is 2.23. The first-order valence-electron chi connectivity index (χ1n) is 8.24. The van der Waals surface area contributed by atoms with Crippen LogP contribution in [0.4, 0.5) is 11.6 Å². The van der Waals surface area contributed by atoms with Gasteiger partial charge in [-0.05, 0) is 45.0 Å². The average Bonchev–Trinajstić information content (AvgIpc) is 3.00. The molecule has 1 amide bonds. The predicted molar refractivity (Wildman–Crippen MR) is 102 cm³/mol. The van der Waals surface area contributed by atoms with Gasteiger partial charge in [0, 0.05) is 11.3 Å². The lowest BCUT2D eigenvalue weighted by Gasteiger charge is -2.16. The molecule has 0 saturated carbocycles. The van der Waals surface area contributed by atoms with Gasteiger partial charge in [-0.3, -0.25) is 19.0 Å². The fourth-order valence-corrected chi connectivity index (χ4v) is 3.05. The molecule has 1 unspecified atom stereocenters. The summed E-state index contributed by atoms with van der Waals surface area (Å²) in [5.74, 6) is -0.682. The maximum absolute atomic E-state index is 12.6. The number of nitrogens with two attached hydrogens (primary N) is 1. The van der Waals surface area contributed by atoms with Crippen molar-refractivity contribution >= 4 is 41.1 Å². The van der Waals surface area contributed by atoms with Crippen molar-refractivity contribution < 1.29 is 19.1 Å². The van der Waals surface area contributed by atoms with Crippen LogP contribution in [0.15, 0.2) is 29.4 Å². The number of amides is 1. The van der Waals surface area contributed by atoms with Crippen molar-refractivity contribution in [2.24, 2.45) is 0 Å². The van der Waals surface area contributed by atoms with Crippen molar-refractivity contribution in [1.29, 1.82) is 0 Å². The van der Waals surface area contributed by atoms with Gasteiger partial charge >= 0.3 is 5.97 Å². The number of ketones is 1. The first-order chi connectivity index (χ1) is 12.8. The highest BCUT2D eigenvalue weighted by molar-refractivity contribution is 7.99. The molecule has 1 heterocycles. The van der Waals surface area contributed by atoms with Gasteiger partial charge in [-0.15, -0.1) is 10.2 Å². The smallest absolute Gasteiger partial charge is 0.316 e. The molecule has 27 heavy (non-hydrogen) atoms. The number of ether oxygens (including phenoxy) is 1. The Morgan fingerprint density at radius 1 is 1.26 bits per heavy atom. The third-order valence-electron chi connectivity index (χ3n) is 3.64. The van der Waals surface area contributed by atoms with E-state index in [4.69, 9.17) is 10.5 Å². The molecule has 0 aliphatic carbocycles. The molecular formula is C17H21N5O4S. The number of nitrogens with zero attached hydrogens (tertiary/aromatic N) is 3. The molecule has 0 radical (unpaired) electrons. The zero-order valence-corrected chi connectivity index (χ0v) is 16.1. The summed E-state index contributed by atoms with van der Waals surface area (Å²) in [4.78, 5) is 35.4. The van der Waals surface area contributed by atoms with Crippen LogP contribution in [0.5, 0.6) is 0 Å². The van der Waals surface area contributed by atoms with Crippen LogP contribution in [-0.4, -0.2) is 44.8 Å². The molecule has 3 N–H and O–H groups in total. The number of hydrogen-bond donors (Lipinski definition) is 2. The van der Waals surface area contributed by atoms with Gasteiger partial charge in [-0.1, -0.05) is 11.8 Å². The fraction of sp³-hybridized carbons (Fsp3) is 0.353. The average molecular weight is 391 g/mol. The first-order valence-corrected chi connectivity index (χ1v) is 9.22. The number of aromatic nitrogens is 3. The monoisotopic (exact) mass is 391 g/mol. The Kier molecular flexibility index (Phi) is 6.94. The third-order valence-corrected chi connectivity index (χ3v) is 4.56. The third kappa shape index (κ3) is 5.30. The van der Waals surface area contributed by atoms with Crippen molar-refractivity contribution in [3.63, 3.8) is 0 Å². The zero-order chi connectivity index (χ0) is 20.0. The number of anilines is 2. The van der Waals surface area contributed by atoms with Gasteiger partial charge in [0.2, 0.25) is 11.9 Å². The SMILES string of the molecule is CCOC(=O)CSc1nnc(N)n1C(C)C(=O)Nc1ccc(C(C)=O)cc1. The molecule has 9 nitrogen and oxygen atoms in total. The van der Waals surface area contributed by atoms with E-state index >= 15 is 0 Å². The van der Waals surface area contributed by atoms with Crippen molar-refractivity contribution in [3.05, 3.63) is 29.8 Å². The van der Waals surface area contributed by atoms with Crippen LogP contribution in [0.1, 0.15) is 37.2 Å². The number of rotatable bonds is 8. The topological polar surface area (TPSA) is 129 Å². The molecule has 0 spiro atoms. The largest absolute Gasteiger partial charge is 0.465 e. The Bertz CT molecular complexity index is 834. The fourth-order valence-electron chi connectivity index (χ4n) is 2.23. The van der Waals surface area contributed by atoms with E-state index in [1.54, 1.807) is 38.1 Å². The number of benzene rings is 1. The van der Waals surface area contributed by atoms with Crippen LogP contribution < -0.4 is 11.1 Å². The number of hydrogen-bond acceptors (Lipinski definition) is 8. The van der Waals surface area contributed by atoms with E-state index in [0.717, 1.165) is 11.8 Å². The molecule has 1 aromatic heterocycles. The number of Topliss-reactive ketones (excluding diaryl/α,β-unsaturated/α-hetero) is 1. The minimum Gasteiger partial charge on any atom is -0.465 e. The van der Waals surface area contributed by atoms with Crippen LogP contribution in [0, 0.1) is 0 Å². The standard InChI is InChI=1S/C17H21N5O4S/c1-4-26-14(24)9-27-17-21-20-16(18)22(17)10(2)15(25)19-13-7-5-12(6-8-13)11(3)23/h5-8,10H,4,9H2,1-3H3,(H2,18,20)(H,19,25). The summed E-state index contributed by atoms with van der Waals surface area (Å²) in [5, 5.41) is 10.8. The Labute approximate surface area is 160 Å². The molecule has 0 saturated heterocycles. The molecule has 2 rings (SSSR count). The molecule has 0 aliphatic rings. The summed E-state index contributed by atoms with van der Waals surface area (Å²) in [6.07, 6.45) is 0. The predicted octanol–water partition coefficient (Wildman–Crippen LogP) is 1.92. The minimum absolute atomic E-state index is 0.0345. The van der Waals surface area contributed by atoms with Gasteiger partial charge in [0.05, 0.1) is 12.4 Å². The summed E-state index contributed by atoms with van der Waals surface area (Å²) >= 11 is 1.09. The molecule has 1 atom stereocenters. The number of nitrogens with one attached hydrogen (secondary N) is 1. The quantitative estimate of drug-likeness (QED) is 0.397. The Morgan fingerprint density at radius 2 is 1.93 bits per heavy atom. The Hall–Kier alpha value is -2.88. The van der Waals surface area contributed by atoms with E-state index in [0.29, 0.717) is 16.4 Å². The second-order valence-corrected chi connectivity index (χ2v) is 6.55. The number of thioether (sulfide) groups is 1. The molecule has 10 heteroatoms. The summed E-state index contributed by atoms with van der Waals surface area (Å²) in [7, 11) is 0. The number of carbonyl (C=O) groups excluding carboxylic acids is 3. The Morgan fingerprint density at radius 3 is 2.52 bits per heavy atom. The molecule has 0 aliphatic heterocycles. The maximum atomic E-state index is 12.6. The van der Waals surface area contributed by atoms with Gasteiger partial charge in [0.15, 0.2) is 10.9 Å². The molecule has 1 aromatic carbocycles. The minimum atomic E-state index is -0.711. The molecule has 0 fully saturated rings. The Balaban J connectivity index is 2.08. The van der Waals surface area contributed by atoms with Gasteiger partial charge in [-0.2, -0.15) is 0 Å². The molecule has 0 bridgehead atoms. The van der Waals surface area contributed by atoms with Crippen LogP contribution in [0.3, 0.4) is 0 Å². The molecule has 2 aromatic rings. The van der Waals surface area contributed by atoms with Crippen molar-refractivity contribution in [1.82, 2.24) is 14.8 Å². The van der Waals surface area contributed by atoms with Crippen LogP contribution in [0.2, 0.25) is 0 Å². The second-order valence-electron chi connectivity index (χ2n) is 5.60. The van der Waals surface area contributed by atoms with Crippen molar-refractivity contribution in [2.75, 3.05) is 23.4 Å². The van der Waals surface area contributed by atoms with Gasteiger partial charge in [0.25, 0.3) is 0 Å². The zero-order valence-electron chi connectivity index (χ0n) is 15.3. The number of esters is 1. The van der Waals surface area contributed by atoms with E-state index in [-0.39, 0.29) is 30.0 Å². The van der Waals surface area contributed by atoms with E-state index in [1.807, 2.05) is 0 Å². The second kappa shape index (κ2) is 9.17. The van der Waals surface area contributed by atoms with Gasteiger partial charge < -0.3 is 15.8 Å². The summed E-state index contributed by atoms with van der Waals surface area (Å²) in [5.41, 5.74) is 6.94. The first kappa shape index (κ1) is 20.4. The van der Waals surface area contributed by atoms with Gasteiger partial charge in [-0.25, -0.2) is 0 Å². The van der Waals surface area contributed by atoms with E-state index in [1.165, 1.54) is 11.5 Å². The van der Waals surface area contributed by atoms with Crippen molar-refractivity contribution in [3.8, 4) is 0 Å².